The van der Waals surface area contributed by atoms with Gasteiger partial charge < -0.3 is 14.6 Å². The van der Waals surface area contributed by atoms with Gasteiger partial charge in [-0.05, 0) is 32.9 Å². The molecule has 2 atom stereocenters. The number of ether oxygens (including phenoxy) is 2. The van der Waals surface area contributed by atoms with Crippen LogP contribution in [0.3, 0.4) is 0 Å². The molecule has 2 unspecified atom stereocenters. The number of nitrogens with zero attached hydrogens (tertiary/aromatic N) is 1. The number of carboxylic acids is 1. The van der Waals surface area contributed by atoms with E-state index in [1.54, 1.807) is 21.1 Å². The molecule has 0 aromatic heterocycles. The highest BCUT2D eigenvalue weighted by molar-refractivity contribution is 5.69. The van der Waals surface area contributed by atoms with Crippen molar-refractivity contribution in [2.75, 3.05) is 34.9 Å². The predicted molar refractivity (Wildman–Crippen MR) is 114 cm³/mol. The third kappa shape index (κ3) is 15.0. The average Bonchev–Trinajstić information content (AvgIpc) is 2.60. The highest BCUT2D eigenvalue weighted by Gasteiger charge is 2.33. The van der Waals surface area contributed by atoms with Crippen molar-refractivity contribution in [2.24, 2.45) is 11.8 Å². The van der Waals surface area contributed by atoms with Crippen LogP contribution in [-0.4, -0.2) is 56.6 Å². The lowest BCUT2D eigenvalue weighted by molar-refractivity contribution is -0.160. The maximum Gasteiger partial charge on any atom is 0.306 e. The fourth-order valence-electron chi connectivity index (χ4n) is 3.09. The lowest BCUT2D eigenvalue weighted by Crippen LogP contribution is -2.50. The van der Waals surface area contributed by atoms with E-state index in [0.29, 0.717) is 12.5 Å². The minimum atomic E-state index is -0.656. The first-order chi connectivity index (χ1) is 12.7. The second-order valence-corrected chi connectivity index (χ2v) is 8.23. The van der Waals surface area contributed by atoms with E-state index >= 15 is 0 Å². The van der Waals surface area contributed by atoms with Crippen molar-refractivity contribution in [2.45, 2.75) is 91.2 Å². The standard InChI is InChI=1S/C12H24O2.C10H23NO2/c1-3-4-5-6-7-8-9-10-11(2)12(13)14;1-9(2)7-10(13-6,8-12-5)11(3)4/h11H,3-10H2,1-2H3,(H,13,14);9H,7-8H2,1-6H3. The lowest BCUT2D eigenvalue weighted by Gasteiger charge is -2.39. The Morgan fingerprint density at radius 1 is 1.00 bits per heavy atom. The zero-order chi connectivity index (χ0) is 21.3. The van der Waals surface area contributed by atoms with Crippen molar-refractivity contribution in [3.8, 4) is 0 Å². The Morgan fingerprint density at radius 2 is 1.52 bits per heavy atom. The number of hydrogen-bond acceptors (Lipinski definition) is 4. The van der Waals surface area contributed by atoms with Gasteiger partial charge in [-0.3, -0.25) is 9.69 Å². The van der Waals surface area contributed by atoms with Crippen LogP contribution in [0.25, 0.3) is 0 Å². The van der Waals surface area contributed by atoms with Crippen molar-refractivity contribution in [3.05, 3.63) is 0 Å². The average molecular weight is 390 g/mol. The number of likely N-dealkylation sites (N-methyl/N-ethyl adjacent to an activating group) is 1. The van der Waals surface area contributed by atoms with Gasteiger partial charge in [-0.15, -0.1) is 0 Å². The Hall–Kier alpha value is -0.650. The Bertz CT molecular complexity index is 347. The van der Waals surface area contributed by atoms with E-state index in [4.69, 9.17) is 14.6 Å². The topological polar surface area (TPSA) is 59.0 Å². The molecule has 0 aromatic carbocycles. The van der Waals surface area contributed by atoms with Crippen LogP contribution in [-0.2, 0) is 14.3 Å². The molecule has 0 rings (SSSR count). The van der Waals surface area contributed by atoms with Crippen molar-refractivity contribution in [1.29, 1.82) is 0 Å². The summed E-state index contributed by atoms with van der Waals surface area (Å²) in [4.78, 5) is 12.6. The molecule has 0 aliphatic carbocycles. The molecule has 0 aromatic rings. The molecule has 5 heteroatoms. The van der Waals surface area contributed by atoms with E-state index in [-0.39, 0.29) is 11.6 Å². The second kappa shape index (κ2) is 17.4. The molecular weight excluding hydrogens is 342 g/mol. The van der Waals surface area contributed by atoms with Gasteiger partial charge in [0.25, 0.3) is 0 Å². The third-order valence-electron chi connectivity index (χ3n) is 4.95. The smallest absolute Gasteiger partial charge is 0.306 e. The molecule has 164 valence electrons. The summed E-state index contributed by atoms with van der Waals surface area (Å²) >= 11 is 0. The summed E-state index contributed by atoms with van der Waals surface area (Å²) in [6, 6.07) is 0. The van der Waals surface area contributed by atoms with Crippen LogP contribution in [0, 0.1) is 11.8 Å². The summed E-state index contributed by atoms with van der Waals surface area (Å²) in [5.74, 6) is -0.223. The summed E-state index contributed by atoms with van der Waals surface area (Å²) in [7, 11) is 7.48. The van der Waals surface area contributed by atoms with Gasteiger partial charge in [0, 0.05) is 14.2 Å². The van der Waals surface area contributed by atoms with Gasteiger partial charge in [-0.25, -0.2) is 0 Å². The highest BCUT2D eigenvalue weighted by Crippen LogP contribution is 2.23. The Morgan fingerprint density at radius 3 is 1.89 bits per heavy atom. The number of rotatable bonds is 15. The lowest BCUT2D eigenvalue weighted by atomic mass is 10.00. The first-order valence-electron chi connectivity index (χ1n) is 10.6. The molecule has 0 heterocycles. The predicted octanol–water partition coefficient (Wildman–Crippen LogP) is 5.43. The molecule has 5 nitrogen and oxygen atoms in total. The maximum absolute atomic E-state index is 10.5. The minimum Gasteiger partial charge on any atom is -0.481 e. The van der Waals surface area contributed by atoms with Crippen molar-refractivity contribution < 1.29 is 19.4 Å². The van der Waals surface area contributed by atoms with Gasteiger partial charge in [-0.1, -0.05) is 72.6 Å². The number of carboxylic acid groups (broad SMARTS) is 1. The molecule has 0 saturated carbocycles. The minimum absolute atomic E-state index is 0.161. The van der Waals surface area contributed by atoms with Crippen LogP contribution in [0.15, 0.2) is 0 Å². The Labute approximate surface area is 168 Å². The molecule has 0 aliphatic heterocycles. The van der Waals surface area contributed by atoms with E-state index in [2.05, 4.69) is 25.7 Å². The van der Waals surface area contributed by atoms with E-state index in [1.807, 2.05) is 14.1 Å². The largest absolute Gasteiger partial charge is 0.481 e. The molecule has 0 amide bonds. The molecule has 27 heavy (non-hydrogen) atoms. The molecular formula is C22H47NO4. The van der Waals surface area contributed by atoms with Crippen LogP contribution in [0.4, 0.5) is 0 Å². The summed E-state index contributed by atoms with van der Waals surface area (Å²) < 4.78 is 10.7. The van der Waals surface area contributed by atoms with Gasteiger partial charge in [0.05, 0.1) is 12.5 Å². The van der Waals surface area contributed by atoms with E-state index < -0.39 is 5.97 Å². The summed E-state index contributed by atoms with van der Waals surface area (Å²) in [6.07, 6.45) is 10.6. The van der Waals surface area contributed by atoms with Crippen LogP contribution in [0.5, 0.6) is 0 Å². The van der Waals surface area contributed by atoms with E-state index in [0.717, 1.165) is 19.3 Å². The summed E-state index contributed by atoms with van der Waals surface area (Å²) in [6.45, 7) is 8.99. The molecule has 0 spiro atoms. The highest BCUT2D eigenvalue weighted by atomic mass is 16.5. The normalized spacial score (nSPS) is 14.6. The zero-order valence-electron chi connectivity index (χ0n) is 19.3. The first kappa shape index (κ1) is 28.6. The maximum atomic E-state index is 10.5. The Kier molecular flexibility index (Phi) is 18.5. The van der Waals surface area contributed by atoms with Crippen LogP contribution < -0.4 is 0 Å². The fourth-order valence-corrected chi connectivity index (χ4v) is 3.09. The molecule has 0 fully saturated rings. The number of aliphatic carboxylic acids is 1. The fraction of sp³-hybridized carbons (Fsp3) is 0.955. The Balaban J connectivity index is 0. The van der Waals surface area contributed by atoms with Crippen LogP contribution in [0.1, 0.15) is 85.5 Å². The van der Waals surface area contributed by atoms with E-state index in [1.165, 1.54) is 38.5 Å². The van der Waals surface area contributed by atoms with Crippen molar-refractivity contribution >= 4 is 5.97 Å². The molecule has 1 N–H and O–H groups in total. The number of hydrogen-bond donors (Lipinski definition) is 1. The number of unbranched alkanes of at least 4 members (excludes halogenated alkanes) is 6. The summed E-state index contributed by atoms with van der Waals surface area (Å²) in [5, 5.41) is 8.65. The van der Waals surface area contributed by atoms with E-state index in [9.17, 15) is 4.79 Å². The second-order valence-electron chi connectivity index (χ2n) is 8.23. The number of methoxy groups -OCH3 is 2. The molecule has 0 bridgehead atoms. The van der Waals surface area contributed by atoms with Crippen molar-refractivity contribution in [3.63, 3.8) is 0 Å². The molecule has 0 radical (unpaired) electrons. The molecule has 0 saturated heterocycles. The monoisotopic (exact) mass is 389 g/mol. The quantitative estimate of drug-likeness (QED) is 0.299. The first-order valence-corrected chi connectivity index (χ1v) is 10.6. The van der Waals surface area contributed by atoms with Gasteiger partial charge in [0.2, 0.25) is 0 Å². The van der Waals surface area contributed by atoms with Gasteiger partial charge >= 0.3 is 5.97 Å². The van der Waals surface area contributed by atoms with Gasteiger partial charge in [0.15, 0.2) is 0 Å². The SMILES string of the molecule is CCCCCCCCCC(C)C(=O)O.COCC(CC(C)C)(OC)N(C)C. The van der Waals surface area contributed by atoms with Gasteiger partial charge in [0.1, 0.15) is 5.72 Å². The van der Waals surface area contributed by atoms with Gasteiger partial charge in [-0.2, -0.15) is 0 Å². The van der Waals surface area contributed by atoms with Crippen LogP contribution in [0.2, 0.25) is 0 Å². The third-order valence-corrected chi connectivity index (χ3v) is 4.95. The van der Waals surface area contributed by atoms with Crippen LogP contribution >= 0.6 is 0 Å². The zero-order valence-corrected chi connectivity index (χ0v) is 19.3. The van der Waals surface area contributed by atoms with Crippen molar-refractivity contribution in [1.82, 2.24) is 4.90 Å². The summed E-state index contributed by atoms with van der Waals surface area (Å²) in [5.41, 5.74) is -0.275. The number of carbonyl (C=O) groups is 1. The molecule has 0 aliphatic rings.